The maximum Gasteiger partial charge on any atom is 0.274 e. The van der Waals surface area contributed by atoms with Gasteiger partial charge in [-0.05, 0) is 61.8 Å². The average Bonchev–Trinajstić information content (AvgIpc) is 3.62. The van der Waals surface area contributed by atoms with Gasteiger partial charge in [-0.1, -0.05) is 74.8 Å². The van der Waals surface area contributed by atoms with Crippen molar-refractivity contribution in [2.75, 3.05) is 13.6 Å². The predicted octanol–water partition coefficient (Wildman–Crippen LogP) is 6.25. The number of hydroxylamine groups is 1. The molecule has 1 fully saturated rings. The number of carbonyl (C=O) groups is 1. The minimum atomic E-state index is -0.558. The van der Waals surface area contributed by atoms with Gasteiger partial charge in [0.15, 0.2) is 0 Å². The first kappa shape index (κ1) is 27.4. The van der Waals surface area contributed by atoms with Crippen LogP contribution >= 0.6 is 11.8 Å². The smallest absolute Gasteiger partial charge is 0.274 e. The minimum Gasteiger partial charge on any atom is -0.302 e. The van der Waals surface area contributed by atoms with Gasteiger partial charge in [-0.2, -0.15) is 0 Å². The van der Waals surface area contributed by atoms with Crippen LogP contribution in [0.4, 0.5) is 0 Å². The van der Waals surface area contributed by atoms with Gasteiger partial charge in [0.25, 0.3) is 5.91 Å². The van der Waals surface area contributed by atoms with Gasteiger partial charge >= 0.3 is 0 Å². The zero-order valence-electron chi connectivity index (χ0n) is 21.8. The molecule has 4 rings (SSSR count). The van der Waals surface area contributed by atoms with Gasteiger partial charge in [-0.3, -0.25) is 10.0 Å². The number of unbranched alkanes of at least 4 members (excludes halogenated alkanes) is 3. The molecule has 0 atom stereocenters. The van der Waals surface area contributed by atoms with Gasteiger partial charge in [-0.15, -0.1) is 16.9 Å². The Hall–Kier alpha value is -2.68. The summed E-state index contributed by atoms with van der Waals surface area (Å²) in [5, 5.41) is 17.3. The molecule has 198 valence electrons. The van der Waals surface area contributed by atoms with Gasteiger partial charge in [-0.25, -0.2) is 10.2 Å². The van der Waals surface area contributed by atoms with E-state index in [0.717, 1.165) is 24.7 Å². The summed E-state index contributed by atoms with van der Waals surface area (Å²) in [5.74, 6) is 1.18. The third-order valence-corrected chi connectivity index (χ3v) is 8.20. The van der Waals surface area contributed by atoms with Crippen molar-refractivity contribution in [3.8, 4) is 5.69 Å². The zero-order valence-corrected chi connectivity index (χ0v) is 22.6. The van der Waals surface area contributed by atoms with Crippen LogP contribution in [0.2, 0.25) is 0 Å². The molecule has 8 heteroatoms. The Morgan fingerprint density at radius 2 is 1.89 bits per heavy atom. The maximum atomic E-state index is 11.7. The lowest BCUT2D eigenvalue weighted by Crippen LogP contribution is -2.19. The number of hydrogen-bond donors (Lipinski definition) is 2. The Morgan fingerprint density at radius 3 is 2.68 bits per heavy atom. The number of benzene rings is 2. The Bertz CT molecular complexity index is 1110. The van der Waals surface area contributed by atoms with Gasteiger partial charge in [0.2, 0.25) is 0 Å². The lowest BCUT2D eigenvalue weighted by atomic mass is 9.99. The van der Waals surface area contributed by atoms with Crippen molar-refractivity contribution >= 4 is 17.7 Å². The molecule has 0 spiro atoms. The van der Waals surface area contributed by atoms with Crippen LogP contribution in [0.5, 0.6) is 0 Å². The highest BCUT2D eigenvalue weighted by Crippen LogP contribution is 2.29. The van der Waals surface area contributed by atoms with E-state index in [2.05, 4.69) is 46.5 Å². The van der Waals surface area contributed by atoms with Gasteiger partial charge in [0.05, 0.1) is 17.6 Å². The van der Waals surface area contributed by atoms with Crippen LogP contribution in [-0.4, -0.2) is 44.6 Å². The Balaban J connectivity index is 1.15. The first-order valence-electron chi connectivity index (χ1n) is 13.5. The molecular formula is C29H39N5O2S. The van der Waals surface area contributed by atoms with Crippen LogP contribution in [0.15, 0.2) is 59.6 Å². The first-order valence-corrected chi connectivity index (χ1v) is 14.5. The summed E-state index contributed by atoms with van der Waals surface area (Å²) < 4.78 is 1.64. The van der Waals surface area contributed by atoms with Crippen LogP contribution in [0, 0.1) is 5.92 Å². The molecule has 7 nitrogen and oxygen atoms in total. The molecule has 0 saturated heterocycles. The van der Waals surface area contributed by atoms with Crippen LogP contribution in [0.1, 0.15) is 79.4 Å². The second-order valence-corrected chi connectivity index (χ2v) is 11.2. The molecule has 2 aromatic carbocycles. The van der Waals surface area contributed by atoms with Crippen molar-refractivity contribution in [1.29, 1.82) is 0 Å². The molecule has 1 aromatic heterocycles. The van der Waals surface area contributed by atoms with E-state index < -0.39 is 5.91 Å². The molecule has 0 unspecified atom stereocenters. The van der Waals surface area contributed by atoms with Crippen molar-refractivity contribution in [3.05, 3.63) is 71.5 Å². The molecule has 1 aliphatic rings. The van der Waals surface area contributed by atoms with Crippen molar-refractivity contribution in [2.45, 2.75) is 75.0 Å². The van der Waals surface area contributed by atoms with Crippen molar-refractivity contribution in [3.63, 3.8) is 0 Å². The summed E-state index contributed by atoms with van der Waals surface area (Å²) in [6.07, 6.45) is 14.6. The van der Waals surface area contributed by atoms with Gasteiger partial charge < -0.3 is 4.90 Å². The summed E-state index contributed by atoms with van der Waals surface area (Å²) in [7, 11) is 2.22. The molecule has 3 aromatic rings. The molecule has 1 amide bonds. The average molecular weight is 522 g/mol. The van der Waals surface area contributed by atoms with E-state index in [4.69, 9.17) is 5.21 Å². The van der Waals surface area contributed by atoms with Crippen LogP contribution in [0.25, 0.3) is 5.69 Å². The molecule has 0 radical (unpaired) electrons. The fraction of sp³-hybridized carbons (Fsp3) is 0.483. The number of aromatic nitrogens is 3. The number of amides is 1. The molecule has 2 N–H and O–H groups in total. The third kappa shape index (κ3) is 8.69. The van der Waals surface area contributed by atoms with Crippen LogP contribution in [-0.2, 0) is 12.3 Å². The first-order chi connectivity index (χ1) is 18.1. The number of hydrogen-bond acceptors (Lipinski definition) is 6. The largest absolute Gasteiger partial charge is 0.302 e. The highest BCUT2D eigenvalue weighted by molar-refractivity contribution is 7.98. The zero-order chi connectivity index (χ0) is 25.9. The number of nitrogens with one attached hydrogen (secondary N) is 1. The molecule has 1 saturated carbocycles. The second kappa shape index (κ2) is 14.3. The fourth-order valence-electron chi connectivity index (χ4n) is 5.05. The lowest BCUT2D eigenvalue weighted by Gasteiger charge is -2.17. The molecule has 0 aliphatic heterocycles. The molecule has 1 aliphatic carbocycles. The van der Waals surface area contributed by atoms with Crippen molar-refractivity contribution in [2.24, 2.45) is 5.92 Å². The fourth-order valence-corrected chi connectivity index (χ4v) is 5.83. The van der Waals surface area contributed by atoms with Crippen molar-refractivity contribution in [1.82, 2.24) is 25.4 Å². The summed E-state index contributed by atoms with van der Waals surface area (Å²) in [6, 6.07) is 15.7. The second-order valence-electron chi connectivity index (χ2n) is 10.2. The number of carbonyl (C=O) groups excluding carboxylic acids is 1. The Labute approximate surface area is 224 Å². The third-order valence-electron chi connectivity index (χ3n) is 7.15. The SMILES string of the molecule is CN(CCCCCCC1CCCC1)Cc1ccc(SCc2cn(-c3cccc(C(=O)NO)c3)nn2)cc1. The quantitative estimate of drug-likeness (QED) is 0.113. The molecule has 37 heavy (non-hydrogen) atoms. The highest BCUT2D eigenvalue weighted by atomic mass is 32.2. The van der Waals surface area contributed by atoms with Gasteiger partial charge in [0.1, 0.15) is 0 Å². The van der Waals surface area contributed by atoms with E-state index in [0.29, 0.717) is 17.0 Å². The van der Waals surface area contributed by atoms with E-state index in [1.165, 1.54) is 68.2 Å². The summed E-state index contributed by atoms with van der Waals surface area (Å²) in [4.78, 5) is 15.3. The van der Waals surface area contributed by atoms with Crippen LogP contribution in [0.3, 0.4) is 0 Å². The Morgan fingerprint density at radius 1 is 1.11 bits per heavy atom. The molecule has 1 heterocycles. The minimum absolute atomic E-state index is 0.353. The summed E-state index contributed by atoms with van der Waals surface area (Å²) in [5.41, 5.74) is 4.91. The number of rotatable bonds is 14. The molecular weight excluding hydrogens is 482 g/mol. The predicted molar refractivity (Wildman–Crippen MR) is 148 cm³/mol. The van der Waals surface area contributed by atoms with E-state index in [-0.39, 0.29) is 0 Å². The lowest BCUT2D eigenvalue weighted by molar-refractivity contribution is 0.0706. The normalized spacial score (nSPS) is 13.9. The van der Waals surface area contributed by atoms with E-state index in [1.54, 1.807) is 40.1 Å². The monoisotopic (exact) mass is 521 g/mol. The standard InChI is InChI=1S/C29H39N5O2S/c1-33(18-7-3-2-4-9-23-10-5-6-11-23)20-24-14-16-28(17-15-24)37-22-26-21-34(32-30-26)27-13-8-12-25(19-27)29(35)31-36/h8,12-17,19,21,23,36H,2-7,9-11,18,20,22H2,1H3,(H,31,35). The van der Waals surface area contributed by atoms with Gasteiger partial charge in [0, 0.05) is 22.8 Å². The maximum absolute atomic E-state index is 11.7. The topological polar surface area (TPSA) is 83.3 Å². The molecule has 0 bridgehead atoms. The van der Waals surface area contributed by atoms with E-state index >= 15 is 0 Å². The Kier molecular flexibility index (Phi) is 10.6. The van der Waals surface area contributed by atoms with Crippen LogP contribution < -0.4 is 5.48 Å². The van der Waals surface area contributed by atoms with E-state index in [1.807, 2.05) is 12.3 Å². The summed E-state index contributed by atoms with van der Waals surface area (Å²) in [6.45, 7) is 2.14. The highest BCUT2D eigenvalue weighted by Gasteiger charge is 2.14. The van der Waals surface area contributed by atoms with Crippen molar-refractivity contribution < 1.29 is 10.0 Å². The van der Waals surface area contributed by atoms with E-state index in [9.17, 15) is 4.79 Å². The number of thioether (sulfide) groups is 1. The number of nitrogens with zero attached hydrogens (tertiary/aromatic N) is 4. The summed E-state index contributed by atoms with van der Waals surface area (Å²) >= 11 is 1.73.